The first kappa shape index (κ1) is 14.6. The van der Waals surface area contributed by atoms with Gasteiger partial charge in [0, 0.05) is 46.7 Å². The van der Waals surface area contributed by atoms with Crippen LogP contribution in [0.4, 0.5) is 0 Å². The summed E-state index contributed by atoms with van der Waals surface area (Å²) in [4.78, 5) is 12.3. The molecule has 1 fully saturated rings. The van der Waals surface area contributed by atoms with E-state index in [0.29, 0.717) is 38.9 Å². The summed E-state index contributed by atoms with van der Waals surface area (Å²) >= 11 is 0. The van der Waals surface area contributed by atoms with Gasteiger partial charge in [-0.05, 0) is 20.3 Å². The summed E-state index contributed by atoms with van der Waals surface area (Å²) in [7, 11) is 3.29. The van der Waals surface area contributed by atoms with E-state index in [0.717, 1.165) is 0 Å². The summed E-state index contributed by atoms with van der Waals surface area (Å²) < 4.78 is 16.1. The Kier molecular flexibility index (Phi) is 5.10. The quantitative estimate of drug-likeness (QED) is 0.716. The molecule has 4 heteroatoms. The molecular formula is C13H24O4. The van der Waals surface area contributed by atoms with Gasteiger partial charge in [-0.1, -0.05) is 0 Å². The minimum absolute atomic E-state index is 0.174. The molecule has 0 N–H and O–H groups in total. The van der Waals surface area contributed by atoms with Crippen molar-refractivity contribution in [2.75, 3.05) is 27.4 Å². The van der Waals surface area contributed by atoms with Crippen molar-refractivity contribution in [1.29, 1.82) is 0 Å². The van der Waals surface area contributed by atoms with Gasteiger partial charge in [0.15, 0.2) is 5.78 Å². The Labute approximate surface area is 104 Å². The number of methoxy groups -OCH3 is 2. The Morgan fingerprint density at radius 2 is 1.88 bits per heavy atom. The predicted octanol–water partition coefficient (Wildman–Crippen LogP) is 1.96. The van der Waals surface area contributed by atoms with Gasteiger partial charge in [0.1, 0.15) is 5.60 Å². The molecule has 0 aromatic carbocycles. The highest BCUT2D eigenvalue weighted by Gasteiger charge is 2.39. The average Bonchev–Trinajstić information content (AvgIpc) is 2.37. The van der Waals surface area contributed by atoms with Crippen LogP contribution in [0.3, 0.4) is 0 Å². The number of carbonyl (C=O) groups excluding carboxylic acids is 1. The van der Waals surface area contributed by atoms with Gasteiger partial charge in [-0.25, -0.2) is 0 Å². The van der Waals surface area contributed by atoms with E-state index in [1.165, 1.54) is 0 Å². The van der Waals surface area contributed by atoms with Crippen LogP contribution in [0.15, 0.2) is 0 Å². The molecule has 0 aromatic heterocycles. The third kappa shape index (κ3) is 3.76. The van der Waals surface area contributed by atoms with Crippen molar-refractivity contribution in [2.45, 2.75) is 50.7 Å². The standard InChI is InChI=1S/C13H24O4/c1-12(2,15-3)6-5-11(14)13(16-4)7-9-17-10-8-13/h5-10H2,1-4H3. The highest BCUT2D eigenvalue weighted by atomic mass is 16.5. The molecule has 0 aromatic rings. The highest BCUT2D eigenvalue weighted by Crippen LogP contribution is 2.28. The van der Waals surface area contributed by atoms with E-state index in [4.69, 9.17) is 14.2 Å². The first-order chi connectivity index (χ1) is 7.96. The van der Waals surface area contributed by atoms with Gasteiger partial charge in [-0.15, -0.1) is 0 Å². The molecule has 100 valence electrons. The van der Waals surface area contributed by atoms with Crippen molar-refractivity contribution in [2.24, 2.45) is 0 Å². The Bertz CT molecular complexity index is 254. The maximum absolute atomic E-state index is 12.3. The van der Waals surface area contributed by atoms with Gasteiger partial charge >= 0.3 is 0 Å². The number of ether oxygens (including phenoxy) is 3. The van der Waals surface area contributed by atoms with Crippen LogP contribution >= 0.6 is 0 Å². The Balaban J connectivity index is 2.55. The molecule has 1 saturated heterocycles. The van der Waals surface area contributed by atoms with Crippen molar-refractivity contribution in [1.82, 2.24) is 0 Å². The fourth-order valence-electron chi connectivity index (χ4n) is 2.04. The first-order valence-electron chi connectivity index (χ1n) is 6.17. The lowest BCUT2D eigenvalue weighted by Gasteiger charge is -2.35. The van der Waals surface area contributed by atoms with E-state index in [9.17, 15) is 4.79 Å². The lowest BCUT2D eigenvalue weighted by Crippen LogP contribution is -2.46. The molecule has 0 atom stereocenters. The maximum Gasteiger partial charge on any atom is 0.164 e. The summed E-state index contributed by atoms with van der Waals surface area (Å²) in [5, 5.41) is 0. The third-order valence-corrected chi connectivity index (χ3v) is 3.71. The molecular weight excluding hydrogens is 220 g/mol. The van der Waals surface area contributed by atoms with Crippen molar-refractivity contribution >= 4 is 5.78 Å². The number of carbonyl (C=O) groups is 1. The zero-order valence-electron chi connectivity index (χ0n) is 11.4. The van der Waals surface area contributed by atoms with E-state index in [2.05, 4.69) is 0 Å². The van der Waals surface area contributed by atoms with Crippen LogP contribution in [0.5, 0.6) is 0 Å². The molecule has 0 unspecified atom stereocenters. The molecule has 1 heterocycles. The van der Waals surface area contributed by atoms with Gasteiger partial charge in [0.25, 0.3) is 0 Å². The van der Waals surface area contributed by atoms with Crippen LogP contribution < -0.4 is 0 Å². The highest BCUT2D eigenvalue weighted by molar-refractivity contribution is 5.87. The molecule has 0 bridgehead atoms. The molecule has 17 heavy (non-hydrogen) atoms. The van der Waals surface area contributed by atoms with Gasteiger partial charge in [-0.2, -0.15) is 0 Å². The lowest BCUT2D eigenvalue weighted by molar-refractivity contribution is -0.153. The zero-order chi connectivity index (χ0) is 12.9. The van der Waals surface area contributed by atoms with Gasteiger partial charge < -0.3 is 14.2 Å². The fourth-order valence-corrected chi connectivity index (χ4v) is 2.04. The minimum atomic E-state index is -0.623. The van der Waals surface area contributed by atoms with Crippen molar-refractivity contribution in [3.63, 3.8) is 0 Å². The second-order valence-electron chi connectivity index (χ2n) is 5.20. The molecule has 1 aliphatic rings. The average molecular weight is 244 g/mol. The molecule has 1 rings (SSSR count). The molecule has 1 aliphatic heterocycles. The summed E-state index contributed by atoms with van der Waals surface area (Å²) in [6, 6.07) is 0. The van der Waals surface area contributed by atoms with Crippen molar-refractivity contribution in [3.8, 4) is 0 Å². The summed E-state index contributed by atoms with van der Waals surface area (Å²) in [6.45, 7) is 5.19. The van der Waals surface area contributed by atoms with Crippen molar-refractivity contribution < 1.29 is 19.0 Å². The van der Waals surface area contributed by atoms with Crippen LogP contribution in [0.2, 0.25) is 0 Å². The van der Waals surface area contributed by atoms with E-state index < -0.39 is 5.60 Å². The zero-order valence-corrected chi connectivity index (χ0v) is 11.4. The molecule has 4 nitrogen and oxygen atoms in total. The molecule has 0 radical (unpaired) electrons. The summed E-state index contributed by atoms with van der Waals surface area (Å²) in [6.07, 6.45) is 2.54. The van der Waals surface area contributed by atoms with Gasteiger partial charge in [-0.3, -0.25) is 4.79 Å². The minimum Gasteiger partial charge on any atom is -0.381 e. The van der Waals surface area contributed by atoms with E-state index >= 15 is 0 Å². The lowest BCUT2D eigenvalue weighted by atomic mass is 9.85. The maximum atomic E-state index is 12.3. The summed E-state index contributed by atoms with van der Waals surface area (Å²) in [5.74, 6) is 0.174. The number of hydrogen-bond acceptors (Lipinski definition) is 4. The Morgan fingerprint density at radius 3 is 2.35 bits per heavy atom. The van der Waals surface area contributed by atoms with Gasteiger partial charge in [0.05, 0.1) is 5.60 Å². The monoisotopic (exact) mass is 244 g/mol. The second-order valence-corrected chi connectivity index (χ2v) is 5.20. The van der Waals surface area contributed by atoms with Crippen molar-refractivity contribution in [3.05, 3.63) is 0 Å². The summed E-state index contributed by atoms with van der Waals surface area (Å²) in [5.41, 5.74) is -0.877. The largest absolute Gasteiger partial charge is 0.381 e. The van der Waals surface area contributed by atoms with E-state index in [1.807, 2.05) is 13.8 Å². The van der Waals surface area contributed by atoms with Crippen LogP contribution in [-0.2, 0) is 19.0 Å². The van der Waals surface area contributed by atoms with Crippen LogP contribution in [0.25, 0.3) is 0 Å². The van der Waals surface area contributed by atoms with Crippen LogP contribution in [-0.4, -0.2) is 44.4 Å². The molecule has 0 spiro atoms. The number of Topliss-reactive ketones (excluding diaryl/α,β-unsaturated/α-hetero) is 1. The smallest absolute Gasteiger partial charge is 0.164 e. The Hall–Kier alpha value is -0.450. The number of hydrogen-bond donors (Lipinski definition) is 0. The number of ketones is 1. The topological polar surface area (TPSA) is 44.8 Å². The van der Waals surface area contributed by atoms with E-state index in [-0.39, 0.29) is 11.4 Å². The normalized spacial score (nSPS) is 20.2. The van der Waals surface area contributed by atoms with Gasteiger partial charge in [0.2, 0.25) is 0 Å². The SMILES string of the molecule is COC(C)(C)CCC(=O)C1(OC)CCOCC1. The molecule has 0 amide bonds. The second kappa shape index (κ2) is 5.94. The number of rotatable bonds is 6. The Morgan fingerprint density at radius 1 is 1.29 bits per heavy atom. The predicted molar refractivity (Wildman–Crippen MR) is 65.1 cm³/mol. The van der Waals surface area contributed by atoms with Crippen LogP contribution in [0, 0.1) is 0 Å². The first-order valence-corrected chi connectivity index (χ1v) is 6.17. The van der Waals surface area contributed by atoms with Crippen LogP contribution in [0.1, 0.15) is 39.5 Å². The molecule has 0 saturated carbocycles. The molecule has 0 aliphatic carbocycles. The van der Waals surface area contributed by atoms with E-state index in [1.54, 1.807) is 14.2 Å². The fraction of sp³-hybridized carbons (Fsp3) is 0.923. The third-order valence-electron chi connectivity index (χ3n) is 3.71.